The first kappa shape index (κ1) is 13.1. The van der Waals surface area contributed by atoms with Crippen LogP contribution in [0.15, 0.2) is 48.5 Å². The molecule has 2 aromatic rings. The summed E-state index contributed by atoms with van der Waals surface area (Å²) in [6.45, 7) is 0.644. The number of hydrogen-bond donors (Lipinski definition) is 1. The largest absolute Gasteiger partial charge is 0.489 e. The van der Waals surface area contributed by atoms with Crippen LogP contribution >= 0.6 is 0 Å². The van der Waals surface area contributed by atoms with Crippen LogP contribution in [-0.4, -0.2) is 6.54 Å². The Bertz CT molecular complexity index is 599. The minimum absolute atomic E-state index is 0.247. The van der Waals surface area contributed by atoms with E-state index in [1.54, 1.807) is 6.07 Å². The molecule has 96 valence electrons. The van der Waals surface area contributed by atoms with E-state index in [-0.39, 0.29) is 12.4 Å². The second-order valence-electron chi connectivity index (χ2n) is 3.96. The van der Waals surface area contributed by atoms with Gasteiger partial charge in [0.1, 0.15) is 18.2 Å². The van der Waals surface area contributed by atoms with Crippen molar-refractivity contribution in [1.29, 1.82) is 0 Å². The van der Waals surface area contributed by atoms with E-state index in [2.05, 4.69) is 11.8 Å². The normalized spacial score (nSPS) is 9.58. The first-order chi connectivity index (χ1) is 9.28. The van der Waals surface area contributed by atoms with Crippen LogP contribution in [0.5, 0.6) is 5.75 Å². The average molecular weight is 255 g/mol. The molecule has 2 N–H and O–H groups in total. The molecule has 0 heterocycles. The van der Waals surface area contributed by atoms with Crippen LogP contribution in [-0.2, 0) is 6.61 Å². The van der Waals surface area contributed by atoms with E-state index in [9.17, 15) is 4.39 Å². The van der Waals surface area contributed by atoms with Gasteiger partial charge in [0.05, 0.1) is 6.54 Å². The third-order valence-corrected chi connectivity index (χ3v) is 2.45. The highest BCUT2D eigenvalue weighted by molar-refractivity contribution is 5.40. The molecule has 0 aliphatic carbocycles. The summed E-state index contributed by atoms with van der Waals surface area (Å²) in [5.41, 5.74) is 6.88. The first-order valence-electron chi connectivity index (χ1n) is 5.94. The third-order valence-electron chi connectivity index (χ3n) is 2.45. The van der Waals surface area contributed by atoms with Crippen LogP contribution in [0.1, 0.15) is 11.1 Å². The Morgan fingerprint density at radius 1 is 1.11 bits per heavy atom. The molecular weight excluding hydrogens is 241 g/mol. The fourth-order valence-electron chi connectivity index (χ4n) is 1.61. The molecule has 0 fully saturated rings. The highest BCUT2D eigenvalue weighted by Gasteiger charge is 2.01. The Morgan fingerprint density at radius 3 is 2.63 bits per heavy atom. The van der Waals surface area contributed by atoms with Gasteiger partial charge >= 0.3 is 0 Å². The zero-order valence-electron chi connectivity index (χ0n) is 10.4. The average Bonchev–Trinajstić information content (AvgIpc) is 2.43. The van der Waals surface area contributed by atoms with E-state index in [0.29, 0.717) is 17.9 Å². The second-order valence-corrected chi connectivity index (χ2v) is 3.96. The minimum Gasteiger partial charge on any atom is -0.489 e. The molecule has 0 bridgehead atoms. The SMILES string of the molecule is NCC#Cc1cc(F)cc(OCc2ccccc2)c1. The molecular formula is C16H14FNO. The molecule has 0 saturated heterocycles. The van der Waals surface area contributed by atoms with Crippen molar-refractivity contribution in [2.45, 2.75) is 6.61 Å². The summed E-state index contributed by atoms with van der Waals surface area (Å²) >= 11 is 0. The Hall–Kier alpha value is -2.31. The molecule has 2 nitrogen and oxygen atoms in total. The van der Waals surface area contributed by atoms with Gasteiger partial charge in [-0.25, -0.2) is 4.39 Å². The summed E-state index contributed by atoms with van der Waals surface area (Å²) in [5, 5.41) is 0. The fourth-order valence-corrected chi connectivity index (χ4v) is 1.61. The van der Waals surface area contributed by atoms with Crippen molar-refractivity contribution in [3.8, 4) is 17.6 Å². The van der Waals surface area contributed by atoms with Crippen LogP contribution in [0.25, 0.3) is 0 Å². The Kier molecular flexibility index (Phi) is 4.54. The number of rotatable bonds is 3. The number of halogens is 1. The van der Waals surface area contributed by atoms with Gasteiger partial charge in [-0.15, -0.1) is 0 Å². The van der Waals surface area contributed by atoms with E-state index < -0.39 is 0 Å². The van der Waals surface area contributed by atoms with Crippen LogP contribution < -0.4 is 10.5 Å². The fraction of sp³-hybridized carbons (Fsp3) is 0.125. The molecule has 0 atom stereocenters. The van der Waals surface area contributed by atoms with Crippen molar-refractivity contribution in [1.82, 2.24) is 0 Å². The molecule has 19 heavy (non-hydrogen) atoms. The van der Waals surface area contributed by atoms with E-state index >= 15 is 0 Å². The van der Waals surface area contributed by atoms with Crippen molar-refractivity contribution in [2.24, 2.45) is 5.73 Å². The zero-order valence-corrected chi connectivity index (χ0v) is 10.4. The van der Waals surface area contributed by atoms with Crippen molar-refractivity contribution in [3.05, 3.63) is 65.5 Å². The summed E-state index contributed by atoms with van der Waals surface area (Å²) in [6.07, 6.45) is 0. The Labute approximate surface area is 112 Å². The summed E-state index contributed by atoms with van der Waals surface area (Å²) in [7, 11) is 0. The molecule has 0 aromatic heterocycles. The first-order valence-corrected chi connectivity index (χ1v) is 5.94. The number of nitrogens with two attached hydrogens (primary N) is 1. The molecule has 0 aliphatic rings. The van der Waals surface area contributed by atoms with Gasteiger partial charge in [-0.2, -0.15) is 0 Å². The summed E-state index contributed by atoms with van der Waals surface area (Å²) in [6, 6.07) is 14.1. The van der Waals surface area contributed by atoms with Gasteiger partial charge < -0.3 is 10.5 Å². The molecule has 2 aromatic carbocycles. The minimum atomic E-state index is -0.369. The van der Waals surface area contributed by atoms with Crippen molar-refractivity contribution < 1.29 is 9.13 Å². The van der Waals surface area contributed by atoms with Crippen LogP contribution in [0.2, 0.25) is 0 Å². The van der Waals surface area contributed by atoms with Gasteiger partial charge in [0, 0.05) is 11.6 Å². The molecule has 3 heteroatoms. The quantitative estimate of drug-likeness (QED) is 0.856. The molecule has 0 aliphatic heterocycles. The maximum absolute atomic E-state index is 13.4. The maximum atomic E-state index is 13.4. The van der Waals surface area contributed by atoms with Gasteiger partial charge in [-0.05, 0) is 17.7 Å². The number of benzene rings is 2. The Morgan fingerprint density at radius 2 is 1.89 bits per heavy atom. The van der Waals surface area contributed by atoms with Gasteiger partial charge in [0.2, 0.25) is 0 Å². The standard InChI is InChI=1S/C16H14FNO/c17-15-9-14(7-4-8-18)10-16(11-15)19-12-13-5-2-1-3-6-13/h1-3,5-6,9-11H,8,12,18H2. The highest BCUT2D eigenvalue weighted by Crippen LogP contribution is 2.17. The van der Waals surface area contributed by atoms with Crippen molar-refractivity contribution in [2.75, 3.05) is 6.54 Å². The molecule has 0 saturated carbocycles. The van der Waals surface area contributed by atoms with Crippen molar-refractivity contribution >= 4 is 0 Å². The second kappa shape index (κ2) is 6.58. The summed E-state index contributed by atoms with van der Waals surface area (Å²) in [5.74, 6) is 5.57. The summed E-state index contributed by atoms with van der Waals surface area (Å²) < 4.78 is 19.0. The van der Waals surface area contributed by atoms with E-state index in [4.69, 9.17) is 10.5 Å². The Balaban J connectivity index is 2.10. The molecule has 2 rings (SSSR count). The van der Waals surface area contributed by atoms with E-state index in [0.717, 1.165) is 5.56 Å². The lowest BCUT2D eigenvalue weighted by Gasteiger charge is -2.07. The predicted molar refractivity (Wildman–Crippen MR) is 73.1 cm³/mol. The summed E-state index contributed by atoms with van der Waals surface area (Å²) in [4.78, 5) is 0. The van der Waals surface area contributed by atoms with Crippen molar-refractivity contribution in [3.63, 3.8) is 0 Å². The lowest BCUT2D eigenvalue weighted by atomic mass is 10.2. The van der Waals surface area contributed by atoms with E-state index in [1.165, 1.54) is 12.1 Å². The van der Waals surface area contributed by atoms with Gasteiger partial charge in [-0.1, -0.05) is 42.2 Å². The molecule has 0 amide bonds. The predicted octanol–water partition coefficient (Wildman–Crippen LogP) is 2.71. The molecule has 0 spiro atoms. The van der Waals surface area contributed by atoms with Crippen LogP contribution in [0, 0.1) is 17.7 Å². The van der Waals surface area contributed by atoms with Gasteiger partial charge in [0.25, 0.3) is 0 Å². The van der Waals surface area contributed by atoms with Crippen LogP contribution in [0.3, 0.4) is 0 Å². The smallest absolute Gasteiger partial charge is 0.128 e. The lowest BCUT2D eigenvalue weighted by Crippen LogP contribution is -1.96. The van der Waals surface area contributed by atoms with Gasteiger partial charge in [0.15, 0.2) is 0 Å². The highest BCUT2D eigenvalue weighted by atomic mass is 19.1. The number of ether oxygens (including phenoxy) is 1. The molecule has 0 unspecified atom stereocenters. The molecule has 0 radical (unpaired) electrons. The lowest BCUT2D eigenvalue weighted by molar-refractivity contribution is 0.304. The third kappa shape index (κ3) is 4.13. The van der Waals surface area contributed by atoms with Crippen LogP contribution in [0.4, 0.5) is 4.39 Å². The van der Waals surface area contributed by atoms with E-state index in [1.807, 2.05) is 30.3 Å². The van der Waals surface area contributed by atoms with Gasteiger partial charge in [-0.3, -0.25) is 0 Å². The monoisotopic (exact) mass is 255 g/mol. The number of hydrogen-bond acceptors (Lipinski definition) is 2. The topological polar surface area (TPSA) is 35.2 Å². The zero-order chi connectivity index (χ0) is 13.5. The maximum Gasteiger partial charge on any atom is 0.128 e.